The van der Waals surface area contributed by atoms with Crippen LogP contribution in [0.4, 0.5) is 5.69 Å². The van der Waals surface area contributed by atoms with Crippen LogP contribution in [0.15, 0.2) is 42.5 Å². The van der Waals surface area contributed by atoms with Crippen LogP contribution in [0.2, 0.25) is 5.02 Å². The SMILES string of the molecule is COC(=O)c1c(Cl)cccc1NC(=O)c1ccccc1C. The van der Waals surface area contributed by atoms with Crippen LogP contribution in [0.25, 0.3) is 0 Å². The molecule has 0 saturated carbocycles. The first-order valence-corrected chi connectivity index (χ1v) is 6.66. The molecule has 1 N–H and O–H groups in total. The second-order valence-corrected chi connectivity index (χ2v) is 4.83. The Bertz CT molecular complexity index is 698. The van der Waals surface area contributed by atoms with Gasteiger partial charge in [0.25, 0.3) is 5.91 Å². The first kappa shape index (κ1) is 15.1. The Morgan fingerprint density at radius 2 is 1.81 bits per heavy atom. The van der Waals surface area contributed by atoms with E-state index in [0.29, 0.717) is 11.3 Å². The van der Waals surface area contributed by atoms with Gasteiger partial charge in [-0.25, -0.2) is 4.79 Å². The van der Waals surface area contributed by atoms with Gasteiger partial charge < -0.3 is 10.1 Å². The highest BCUT2D eigenvalue weighted by Gasteiger charge is 2.18. The van der Waals surface area contributed by atoms with Crippen molar-refractivity contribution in [2.45, 2.75) is 6.92 Å². The van der Waals surface area contributed by atoms with E-state index in [0.717, 1.165) is 5.56 Å². The summed E-state index contributed by atoms with van der Waals surface area (Å²) in [6.07, 6.45) is 0. The number of anilines is 1. The number of rotatable bonds is 3. The normalized spacial score (nSPS) is 10.0. The lowest BCUT2D eigenvalue weighted by atomic mass is 10.1. The summed E-state index contributed by atoms with van der Waals surface area (Å²) < 4.78 is 4.69. The van der Waals surface area contributed by atoms with Crippen molar-refractivity contribution in [1.29, 1.82) is 0 Å². The van der Waals surface area contributed by atoms with E-state index < -0.39 is 5.97 Å². The number of nitrogens with one attached hydrogen (secondary N) is 1. The maximum Gasteiger partial charge on any atom is 0.341 e. The summed E-state index contributed by atoms with van der Waals surface area (Å²) in [5.41, 5.74) is 1.84. The molecule has 21 heavy (non-hydrogen) atoms. The fourth-order valence-corrected chi connectivity index (χ4v) is 2.21. The Kier molecular flexibility index (Phi) is 4.60. The summed E-state index contributed by atoms with van der Waals surface area (Å²) in [4.78, 5) is 24.1. The third-order valence-corrected chi connectivity index (χ3v) is 3.36. The molecular weight excluding hydrogens is 290 g/mol. The highest BCUT2D eigenvalue weighted by molar-refractivity contribution is 6.34. The zero-order valence-electron chi connectivity index (χ0n) is 11.6. The summed E-state index contributed by atoms with van der Waals surface area (Å²) >= 11 is 6.01. The lowest BCUT2D eigenvalue weighted by molar-refractivity contribution is 0.0602. The Morgan fingerprint density at radius 3 is 2.48 bits per heavy atom. The third-order valence-electron chi connectivity index (χ3n) is 3.04. The number of hydrogen-bond acceptors (Lipinski definition) is 3. The number of aryl methyl sites for hydroxylation is 1. The van der Waals surface area contributed by atoms with Crippen LogP contribution < -0.4 is 5.32 Å². The molecule has 0 radical (unpaired) electrons. The smallest absolute Gasteiger partial charge is 0.341 e. The van der Waals surface area contributed by atoms with Gasteiger partial charge in [-0.15, -0.1) is 0 Å². The van der Waals surface area contributed by atoms with Crippen molar-refractivity contribution < 1.29 is 14.3 Å². The molecule has 2 rings (SSSR count). The van der Waals surface area contributed by atoms with Crippen molar-refractivity contribution >= 4 is 29.2 Å². The fourth-order valence-electron chi connectivity index (χ4n) is 1.96. The molecule has 0 heterocycles. The molecule has 0 aliphatic rings. The molecule has 108 valence electrons. The molecule has 5 heteroatoms. The fraction of sp³-hybridized carbons (Fsp3) is 0.125. The first-order valence-electron chi connectivity index (χ1n) is 6.28. The highest BCUT2D eigenvalue weighted by atomic mass is 35.5. The molecule has 1 amide bonds. The quantitative estimate of drug-likeness (QED) is 0.880. The maximum atomic E-state index is 12.3. The lowest BCUT2D eigenvalue weighted by Crippen LogP contribution is -2.16. The van der Waals surface area contributed by atoms with Crippen LogP contribution in [0.1, 0.15) is 26.3 Å². The van der Waals surface area contributed by atoms with Gasteiger partial charge in [0.15, 0.2) is 0 Å². The van der Waals surface area contributed by atoms with Crippen molar-refractivity contribution in [3.63, 3.8) is 0 Å². The van der Waals surface area contributed by atoms with Gasteiger partial charge in [0.2, 0.25) is 0 Å². The monoisotopic (exact) mass is 303 g/mol. The van der Waals surface area contributed by atoms with E-state index in [1.807, 2.05) is 19.1 Å². The van der Waals surface area contributed by atoms with Gasteiger partial charge in [0, 0.05) is 5.56 Å². The van der Waals surface area contributed by atoms with Crippen molar-refractivity contribution in [2.75, 3.05) is 12.4 Å². The van der Waals surface area contributed by atoms with Crippen LogP contribution >= 0.6 is 11.6 Å². The highest BCUT2D eigenvalue weighted by Crippen LogP contribution is 2.26. The number of hydrogen-bond donors (Lipinski definition) is 1. The Labute approximate surface area is 127 Å². The molecule has 0 aliphatic heterocycles. The molecule has 0 saturated heterocycles. The standard InChI is InChI=1S/C16H14ClNO3/c1-10-6-3-4-7-11(10)15(19)18-13-9-5-8-12(17)14(13)16(20)21-2/h3-9H,1-2H3,(H,18,19). The predicted octanol–water partition coefficient (Wildman–Crippen LogP) is 3.69. The molecule has 0 spiro atoms. The summed E-state index contributed by atoms with van der Waals surface area (Å²) in [6, 6.07) is 12.0. The molecule has 0 aliphatic carbocycles. The van der Waals surface area contributed by atoms with Gasteiger partial charge >= 0.3 is 5.97 Å². The van der Waals surface area contributed by atoms with E-state index in [2.05, 4.69) is 5.32 Å². The van der Waals surface area contributed by atoms with Gasteiger partial charge in [-0.2, -0.15) is 0 Å². The number of carbonyl (C=O) groups excluding carboxylic acids is 2. The molecule has 0 unspecified atom stereocenters. The first-order chi connectivity index (χ1) is 10.0. The van der Waals surface area contributed by atoms with Crippen molar-refractivity contribution in [3.8, 4) is 0 Å². The van der Waals surface area contributed by atoms with Gasteiger partial charge in [-0.1, -0.05) is 35.9 Å². The predicted molar refractivity (Wildman–Crippen MR) is 81.9 cm³/mol. The number of halogens is 1. The van der Waals surface area contributed by atoms with Crippen LogP contribution in [0.5, 0.6) is 0 Å². The van der Waals surface area contributed by atoms with E-state index in [1.54, 1.807) is 30.3 Å². The van der Waals surface area contributed by atoms with E-state index >= 15 is 0 Å². The van der Waals surface area contributed by atoms with Crippen molar-refractivity contribution in [1.82, 2.24) is 0 Å². The molecule has 0 bridgehead atoms. The number of amides is 1. The van der Waals surface area contributed by atoms with E-state index in [9.17, 15) is 9.59 Å². The van der Waals surface area contributed by atoms with Crippen LogP contribution in [-0.2, 0) is 4.74 Å². The summed E-state index contributed by atoms with van der Waals surface area (Å²) in [6.45, 7) is 1.84. The Hall–Kier alpha value is -2.33. The maximum absolute atomic E-state index is 12.3. The zero-order valence-corrected chi connectivity index (χ0v) is 12.4. The van der Waals surface area contributed by atoms with Gasteiger partial charge in [0.05, 0.1) is 17.8 Å². The van der Waals surface area contributed by atoms with E-state index in [-0.39, 0.29) is 16.5 Å². The van der Waals surface area contributed by atoms with Gasteiger partial charge in [-0.3, -0.25) is 4.79 Å². The number of carbonyl (C=O) groups is 2. The molecule has 0 fully saturated rings. The third kappa shape index (κ3) is 3.23. The number of benzene rings is 2. The number of esters is 1. The molecule has 2 aromatic rings. The second kappa shape index (κ2) is 6.41. The molecule has 4 nitrogen and oxygen atoms in total. The zero-order chi connectivity index (χ0) is 15.4. The molecule has 0 aromatic heterocycles. The minimum Gasteiger partial charge on any atom is -0.465 e. The minimum atomic E-state index is -0.597. The Balaban J connectivity index is 2.36. The van der Waals surface area contributed by atoms with Gasteiger partial charge in [-0.05, 0) is 30.7 Å². The van der Waals surface area contributed by atoms with E-state index in [4.69, 9.17) is 16.3 Å². The topological polar surface area (TPSA) is 55.4 Å². The summed E-state index contributed by atoms with van der Waals surface area (Å²) in [5.74, 6) is -0.902. The summed E-state index contributed by atoms with van der Waals surface area (Å²) in [5, 5.41) is 2.93. The summed E-state index contributed by atoms with van der Waals surface area (Å²) in [7, 11) is 1.26. The second-order valence-electron chi connectivity index (χ2n) is 4.42. The van der Waals surface area contributed by atoms with Crippen molar-refractivity contribution in [2.24, 2.45) is 0 Å². The molecule has 2 aromatic carbocycles. The lowest BCUT2D eigenvalue weighted by Gasteiger charge is -2.12. The van der Waals surface area contributed by atoms with Crippen molar-refractivity contribution in [3.05, 3.63) is 64.2 Å². The van der Waals surface area contributed by atoms with Crippen LogP contribution in [0.3, 0.4) is 0 Å². The average molecular weight is 304 g/mol. The Morgan fingerprint density at radius 1 is 1.10 bits per heavy atom. The number of ether oxygens (including phenoxy) is 1. The molecular formula is C16H14ClNO3. The van der Waals surface area contributed by atoms with Crippen LogP contribution in [0, 0.1) is 6.92 Å². The van der Waals surface area contributed by atoms with Crippen LogP contribution in [-0.4, -0.2) is 19.0 Å². The average Bonchev–Trinajstić information content (AvgIpc) is 2.47. The molecule has 0 atom stereocenters. The largest absolute Gasteiger partial charge is 0.465 e. The minimum absolute atomic E-state index is 0.142. The number of methoxy groups -OCH3 is 1. The van der Waals surface area contributed by atoms with E-state index in [1.165, 1.54) is 7.11 Å². The van der Waals surface area contributed by atoms with Gasteiger partial charge in [0.1, 0.15) is 5.56 Å².